The van der Waals surface area contributed by atoms with Crippen LogP contribution >= 0.6 is 0 Å². The van der Waals surface area contributed by atoms with Gasteiger partial charge in [0.1, 0.15) is 0 Å². The third kappa shape index (κ3) is 2.19. The summed E-state index contributed by atoms with van der Waals surface area (Å²) in [5.74, 6) is -1.48. The Bertz CT molecular complexity index is 289. The van der Waals surface area contributed by atoms with Gasteiger partial charge in [-0.3, -0.25) is 0 Å². The molecule has 0 aliphatic rings. The molecule has 0 heterocycles. The predicted molar refractivity (Wildman–Crippen MR) is 49.3 cm³/mol. The minimum absolute atomic E-state index is 0.723. The molecule has 1 rings (SSSR count). The van der Waals surface area contributed by atoms with Crippen LogP contribution in [0.25, 0.3) is 0 Å². The topological polar surface area (TPSA) is 0 Å². The monoisotopic (exact) mass is 278 g/mol. The first-order valence-corrected chi connectivity index (χ1v) is 13.9. The van der Waals surface area contributed by atoms with Crippen LogP contribution < -0.4 is 3.58 Å². The SMILES string of the molecule is [CH3][Sn]([CH3])([CH3])[c]1ccc(F)c(F)c1. The Morgan fingerprint density at radius 1 is 1.00 bits per heavy atom. The average molecular weight is 277 g/mol. The Hall–Kier alpha value is -0.121. The van der Waals surface area contributed by atoms with Crippen LogP contribution in [-0.2, 0) is 0 Å². The number of hydrogen-bond donors (Lipinski definition) is 0. The molecule has 0 spiro atoms. The van der Waals surface area contributed by atoms with Crippen LogP contribution in [0.3, 0.4) is 0 Å². The quantitative estimate of drug-likeness (QED) is 0.692. The first-order valence-electron chi connectivity index (χ1n) is 3.87. The second-order valence-corrected chi connectivity index (χ2v) is 18.4. The zero-order chi connectivity index (χ0) is 9.35. The Morgan fingerprint density at radius 2 is 1.58 bits per heavy atom. The van der Waals surface area contributed by atoms with E-state index in [1.54, 1.807) is 6.07 Å². The predicted octanol–water partition coefficient (Wildman–Crippen LogP) is 2.51. The summed E-state index contributed by atoms with van der Waals surface area (Å²) in [7, 11) is 0. The van der Waals surface area contributed by atoms with E-state index in [2.05, 4.69) is 14.8 Å². The van der Waals surface area contributed by atoms with Gasteiger partial charge in [0.05, 0.1) is 0 Å². The molecule has 0 fully saturated rings. The van der Waals surface area contributed by atoms with Crippen molar-refractivity contribution in [3.8, 4) is 0 Å². The number of rotatable bonds is 1. The molecule has 0 radical (unpaired) electrons. The Labute approximate surface area is 75.5 Å². The van der Waals surface area contributed by atoms with E-state index in [1.165, 1.54) is 12.1 Å². The summed E-state index contributed by atoms with van der Waals surface area (Å²) in [4.78, 5) is 6.50. The summed E-state index contributed by atoms with van der Waals surface area (Å²) in [6, 6.07) is 4.26. The van der Waals surface area contributed by atoms with Crippen molar-refractivity contribution in [2.75, 3.05) is 0 Å². The number of benzene rings is 1. The minimum atomic E-state index is -2.19. The molecule has 0 saturated carbocycles. The molecule has 1 aromatic carbocycles. The van der Waals surface area contributed by atoms with Gasteiger partial charge in [-0.25, -0.2) is 0 Å². The fraction of sp³-hybridized carbons (Fsp3) is 0.333. The summed E-state index contributed by atoms with van der Waals surface area (Å²) in [5.41, 5.74) is 0. The molecule has 3 heteroatoms. The van der Waals surface area contributed by atoms with Gasteiger partial charge in [0.2, 0.25) is 0 Å². The summed E-state index contributed by atoms with van der Waals surface area (Å²) in [6.07, 6.45) is 0. The van der Waals surface area contributed by atoms with Crippen LogP contribution in [0.2, 0.25) is 14.8 Å². The van der Waals surface area contributed by atoms with Crippen molar-refractivity contribution in [2.24, 2.45) is 0 Å². The fourth-order valence-corrected chi connectivity index (χ4v) is 4.23. The standard InChI is InChI=1S/C6H3F2.3CH3.Sn/c7-5-3-1-2-4-6(5)8;;;;/h1,3-4H;3*1H3;. The van der Waals surface area contributed by atoms with E-state index in [0.29, 0.717) is 0 Å². The molecule has 0 aliphatic heterocycles. The van der Waals surface area contributed by atoms with E-state index in [4.69, 9.17) is 0 Å². The van der Waals surface area contributed by atoms with E-state index >= 15 is 0 Å². The first kappa shape index (κ1) is 9.96. The normalized spacial score (nSPS) is 11.8. The molecule has 1 aromatic rings. The van der Waals surface area contributed by atoms with Gasteiger partial charge in [-0.05, 0) is 0 Å². The zero-order valence-electron chi connectivity index (χ0n) is 7.49. The van der Waals surface area contributed by atoms with Crippen molar-refractivity contribution >= 4 is 22.0 Å². The average Bonchev–Trinajstić information content (AvgIpc) is 1.92. The zero-order valence-corrected chi connectivity index (χ0v) is 10.3. The second kappa shape index (κ2) is 3.32. The van der Waals surface area contributed by atoms with Crippen LogP contribution in [0, 0.1) is 11.6 Å². The van der Waals surface area contributed by atoms with Gasteiger partial charge in [0.25, 0.3) is 0 Å². The van der Waals surface area contributed by atoms with E-state index in [-0.39, 0.29) is 0 Å². The second-order valence-electron chi connectivity index (χ2n) is 3.88. The molecular formula is C9H12F2Sn. The molecule has 0 amide bonds. The molecule has 12 heavy (non-hydrogen) atoms. The van der Waals surface area contributed by atoms with E-state index in [1.807, 2.05) is 0 Å². The molecule has 0 N–H and O–H groups in total. The van der Waals surface area contributed by atoms with Crippen LogP contribution in [0.1, 0.15) is 0 Å². The van der Waals surface area contributed by atoms with Crippen molar-refractivity contribution in [1.29, 1.82) is 0 Å². The molecule has 0 atom stereocenters. The van der Waals surface area contributed by atoms with Crippen molar-refractivity contribution in [3.63, 3.8) is 0 Å². The van der Waals surface area contributed by atoms with Gasteiger partial charge in [-0.2, -0.15) is 0 Å². The fourth-order valence-electron chi connectivity index (χ4n) is 0.963. The van der Waals surface area contributed by atoms with Crippen LogP contribution in [-0.4, -0.2) is 18.4 Å². The summed E-state index contributed by atoms with van der Waals surface area (Å²) in [6.45, 7) is 0. The molecule has 0 unspecified atom stereocenters. The van der Waals surface area contributed by atoms with Crippen LogP contribution in [0.4, 0.5) is 8.78 Å². The van der Waals surface area contributed by atoms with E-state index < -0.39 is 30.0 Å². The molecule has 0 aliphatic carbocycles. The third-order valence-electron chi connectivity index (χ3n) is 1.79. The van der Waals surface area contributed by atoms with Crippen LogP contribution in [0.5, 0.6) is 0 Å². The molecule has 0 bridgehead atoms. The van der Waals surface area contributed by atoms with Gasteiger partial charge < -0.3 is 0 Å². The van der Waals surface area contributed by atoms with Crippen molar-refractivity contribution in [2.45, 2.75) is 14.8 Å². The maximum atomic E-state index is 12.8. The molecule has 0 aromatic heterocycles. The number of halogens is 2. The van der Waals surface area contributed by atoms with Gasteiger partial charge in [-0.1, -0.05) is 0 Å². The van der Waals surface area contributed by atoms with E-state index in [9.17, 15) is 8.78 Å². The summed E-state index contributed by atoms with van der Waals surface area (Å²) < 4.78 is 26.3. The Balaban J connectivity index is 3.14. The van der Waals surface area contributed by atoms with E-state index in [0.717, 1.165) is 3.58 Å². The summed E-state index contributed by atoms with van der Waals surface area (Å²) in [5, 5.41) is 0. The van der Waals surface area contributed by atoms with Gasteiger partial charge in [0.15, 0.2) is 0 Å². The van der Waals surface area contributed by atoms with Crippen molar-refractivity contribution in [1.82, 2.24) is 0 Å². The van der Waals surface area contributed by atoms with Crippen molar-refractivity contribution in [3.05, 3.63) is 29.8 Å². The molecule has 0 nitrogen and oxygen atoms in total. The van der Waals surface area contributed by atoms with Gasteiger partial charge in [0, 0.05) is 0 Å². The first-order chi connectivity index (χ1) is 5.41. The summed E-state index contributed by atoms with van der Waals surface area (Å²) >= 11 is -2.19. The molecule has 0 saturated heterocycles. The maximum absolute atomic E-state index is 12.8. The van der Waals surface area contributed by atoms with Gasteiger partial charge in [-0.15, -0.1) is 0 Å². The van der Waals surface area contributed by atoms with Crippen LogP contribution in [0.15, 0.2) is 18.2 Å². The van der Waals surface area contributed by atoms with Crippen molar-refractivity contribution < 1.29 is 8.78 Å². The Kier molecular flexibility index (Phi) is 2.76. The molecular weight excluding hydrogens is 265 g/mol. The van der Waals surface area contributed by atoms with Gasteiger partial charge >= 0.3 is 75.4 Å². The Morgan fingerprint density at radius 3 is 2.00 bits per heavy atom. The molecule has 66 valence electrons. The third-order valence-corrected chi connectivity index (χ3v) is 7.62. The number of hydrogen-bond acceptors (Lipinski definition) is 0.